The van der Waals surface area contributed by atoms with Crippen molar-refractivity contribution in [3.63, 3.8) is 0 Å². The molecule has 2 amide bonds. The van der Waals surface area contributed by atoms with Crippen molar-refractivity contribution >= 4 is 11.8 Å². The molecule has 0 radical (unpaired) electrons. The molecule has 1 rings (SSSR count). The van der Waals surface area contributed by atoms with E-state index in [1.165, 1.54) is 0 Å². The van der Waals surface area contributed by atoms with Crippen molar-refractivity contribution in [3.8, 4) is 0 Å². The number of piperazine rings is 1. The van der Waals surface area contributed by atoms with Crippen molar-refractivity contribution < 1.29 is 23.7 Å². The zero-order chi connectivity index (χ0) is 24.4. The number of nitrogens with one attached hydrogen (secondary N) is 2. The third-order valence-corrected chi connectivity index (χ3v) is 5.63. The Balaban J connectivity index is 2.17. The smallest absolute Gasteiger partial charge is 0.275 e. The van der Waals surface area contributed by atoms with E-state index in [-0.39, 0.29) is 17.9 Å². The molecule has 186 valence electrons. The fraction of sp³-hybridized carbons (Fsp3) is 0.826. The van der Waals surface area contributed by atoms with Crippen LogP contribution in [0.25, 0.3) is 0 Å². The highest BCUT2D eigenvalue weighted by Crippen LogP contribution is 2.04. The number of aliphatic hydroxyl groups excluding tert-OH is 1. The topological polar surface area (TPSA) is 84.9 Å². The van der Waals surface area contributed by atoms with Crippen LogP contribution in [0, 0.1) is 0 Å². The SMILES string of the molecule is C=C(C)C(=O)NCCC[N+](C)(C)CC(=O)NCCN1CCN(CC(O)C[N+](C)(C)C)CC1. The van der Waals surface area contributed by atoms with Gasteiger partial charge in [-0.2, -0.15) is 0 Å². The molecule has 0 aliphatic carbocycles. The van der Waals surface area contributed by atoms with E-state index in [0.717, 1.165) is 63.3 Å². The zero-order valence-electron chi connectivity index (χ0n) is 21.3. The fourth-order valence-corrected chi connectivity index (χ4v) is 3.92. The molecule has 9 nitrogen and oxygen atoms in total. The molecule has 3 N–H and O–H groups in total. The Bertz CT molecular complexity index is 609. The molecule has 0 spiro atoms. The Morgan fingerprint density at radius 3 is 2.16 bits per heavy atom. The molecule has 32 heavy (non-hydrogen) atoms. The van der Waals surface area contributed by atoms with Gasteiger partial charge in [-0.1, -0.05) is 6.58 Å². The van der Waals surface area contributed by atoms with E-state index in [9.17, 15) is 14.7 Å². The number of aliphatic hydroxyl groups is 1. The Hall–Kier alpha value is -1.52. The van der Waals surface area contributed by atoms with Gasteiger partial charge < -0.3 is 24.7 Å². The zero-order valence-corrected chi connectivity index (χ0v) is 21.3. The molecular weight excluding hydrogens is 408 g/mol. The average molecular weight is 457 g/mol. The summed E-state index contributed by atoms with van der Waals surface area (Å²) in [7, 11) is 10.4. The van der Waals surface area contributed by atoms with Crippen molar-refractivity contribution in [2.24, 2.45) is 0 Å². The number of amides is 2. The highest BCUT2D eigenvalue weighted by atomic mass is 16.3. The lowest BCUT2D eigenvalue weighted by Crippen LogP contribution is -2.53. The van der Waals surface area contributed by atoms with Crippen LogP contribution in [0.1, 0.15) is 13.3 Å². The summed E-state index contributed by atoms with van der Waals surface area (Å²) in [5.74, 6) is -0.0581. The van der Waals surface area contributed by atoms with Crippen LogP contribution in [-0.4, -0.2) is 149 Å². The van der Waals surface area contributed by atoms with Gasteiger partial charge in [-0.25, -0.2) is 0 Å². The molecule has 1 aliphatic heterocycles. The van der Waals surface area contributed by atoms with Gasteiger partial charge in [0.15, 0.2) is 6.54 Å². The molecule has 0 saturated carbocycles. The second kappa shape index (κ2) is 13.3. The van der Waals surface area contributed by atoms with Crippen LogP contribution in [0.2, 0.25) is 0 Å². The first-order chi connectivity index (χ1) is 14.8. The van der Waals surface area contributed by atoms with Crippen LogP contribution >= 0.6 is 0 Å². The molecule has 0 aromatic heterocycles. The minimum Gasteiger partial charge on any atom is -0.386 e. The summed E-state index contributed by atoms with van der Waals surface area (Å²) < 4.78 is 1.35. The van der Waals surface area contributed by atoms with Crippen LogP contribution in [0.15, 0.2) is 12.2 Å². The standard InChI is InChI=1S/C23H46N6O3/c1-20(2)23(32)25-9-8-16-29(6,7)19-22(31)24-10-11-26-12-14-27(15-13-26)17-21(30)18-28(3,4)5/h21,30H,1,8-19H2,2-7H3/p+2. The Morgan fingerprint density at radius 2 is 1.59 bits per heavy atom. The van der Waals surface area contributed by atoms with Gasteiger partial charge in [0.05, 0.1) is 41.8 Å². The van der Waals surface area contributed by atoms with Crippen LogP contribution in [0.4, 0.5) is 0 Å². The minimum absolute atomic E-state index is 0.0584. The van der Waals surface area contributed by atoms with E-state index < -0.39 is 0 Å². The third kappa shape index (κ3) is 13.1. The van der Waals surface area contributed by atoms with Gasteiger partial charge in [-0.05, 0) is 6.92 Å². The molecule has 0 aromatic carbocycles. The number of nitrogens with zero attached hydrogens (tertiary/aromatic N) is 4. The first-order valence-corrected chi connectivity index (χ1v) is 11.7. The highest BCUT2D eigenvalue weighted by Gasteiger charge is 2.23. The number of hydrogen-bond acceptors (Lipinski definition) is 5. The Labute approximate surface area is 195 Å². The normalized spacial score (nSPS) is 17.1. The maximum atomic E-state index is 12.4. The number of β-amino-alcohol motifs (C(OH)–C–C–N with tert-alkyl or cyclic N) is 1. The summed E-state index contributed by atoms with van der Waals surface area (Å²) in [4.78, 5) is 28.6. The van der Waals surface area contributed by atoms with Gasteiger partial charge in [0.2, 0.25) is 5.91 Å². The fourth-order valence-electron chi connectivity index (χ4n) is 3.92. The molecule has 1 heterocycles. The quantitative estimate of drug-likeness (QED) is 0.176. The minimum atomic E-state index is -0.301. The molecular formula is C23H48N6O3+2. The molecule has 0 bridgehead atoms. The van der Waals surface area contributed by atoms with E-state index >= 15 is 0 Å². The maximum absolute atomic E-state index is 12.4. The van der Waals surface area contributed by atoms with E-state index in [1.54, 1.807) is 6.92 Å². The van der Waals surface area contributed by atoms with Gasteiger partial charge in [-0.15, -0.1) is 0 Å². The number of hydrogen-bond donors (Lipinski definition) is 3. The van der Waals surface area contributed by atoms with Gasteiger partial charge in [0.25, 0.3) is 5.91 Å². The Kier molecular flexibility index (Phi) is 11.8. The molecule has 1 atom stereocenters. The van der Waals surface area contributed by atoms with Crippen LogP contribution in [-0.2, 0) is 9.59 Å². The lowest BCUT2D eigenvalue weighted by Gasteiger charge is -2.36. The van der Waals surface area contributed by atoms with Crippen molar-refractivity contribution in [3.05, 3.63) is 12.2 Å². The third-order valence-electron chi connectivity index (χ3n) is 5.63. The van der Waals surface area contributed by atoms with Crippen molar-refractivity contribution in [1.82, 2.24) is 20.4 Å². The highest BCUT2D eigenvalue weighted by molar-refractivity contribution is 5.92. The summed E-state index contributed by atoms with van der Waals surface area (Å²) in [5.41, 5.74) is 0.511. The summed E-state index contributed by atoms with van der Waals surface area (Å²) in [6.45, 7) is 14.0. The second-order valence-electron chi connectivity index (χ2n) is 10.8. The van der Waals surface area contributed by atoms with E-state index in [2.05, 4.69) is 48.2 Å². The molecule has 1 fully saturated rings. The first kappa shape index (κ1) is 28.5. The van der Waals surface area contributed by atoms with E-state index in [4.69, 9.17) is 0 Å². The van der Waals surface area contributed by atoms with Crippen molar-refractivity contribution in [2.45, 2.75) is 19.4 Å². The number of carbonyl (C=O) groups is 2. The van der Waals surface area contributed by atoms with E-state index in [0.29, 0.717) is 29.7 Å². The molecule has 9 heteroatoms. The average Bonchev–Trinajstić information content (AvgIpc) is 2.64. The number of quaternary nitrogens is 2. The van der Waals surface area contributed by atoms with Gasteiger partial charge >= 0.3 is 0 Å². The summed E-state index contributed by atoms with van der Waals surface area (Å²) >= 11 is 0. The largest absolute Gasteiger partial charge is 0.386 e. The van der Waals surface area contributed by atoms with Crippen LogP contribution in [0.5, 0.6) is 0 Å². The first-order valence-electron chi connectivity index (χ1n) is 11.7. The van der Waals surface area contributed by atoms with Gasteiger partial charge in [-0.3, -0.25) is 19.4 Å². The van der Waals surface area contributed by atoms with E-state index in [1.807, 2.05) is 14.1 Å². The molecule has 1 unspecified atom stereocenters. The van der Waals surface area contributed by atoms with Crippen molar-refractivity contribution in [2.75, 3.05) is 107 Å². The Morgan fingerprint density at radius 1 is 1.00 bits per heavy atom. The second-order valence-corrected chi connectivity index (χ2v) is 10.8. The molecule has 0 aromatic rings. The van der Waals surface area contributed by atoms with Crippen LogP contribution in [0.3, 0.4) is 0 Å². The monoisotopic (exact) mass is 456 g/mol. The number of likely N-dealkylation sites (N-methyl/N-ethyl adjacent to an activating group) is 2. The summed E-state index contributed by atoms with van der Waals surface area (Å²) in [6.07, 6.45) is 0.511. The molecule has 1 aliphatic rings. The number of rotatable bonds is 14. The molecule has 1 saturated heterocycles. The number of carbonyl (C=O) groups excluding carboxylic acids is 2. The van der Waals surface area contributed by atoms with Crippen LogP contribution < -0.4 is 10.6 Å². The van der Waals surface area contributed by atoms with Gasteiger partial charge in [0, 0.05) is 64.4 Å². The lowest BCUT2D eigenvalue weighted by molar-refractivity contribution is -0.882. The predicted molar refractivity (Wildman–Crippen MR) is 129 cm³/mol. The predicted octanol–water partition coefficient (Wildman–Crippen LogP) is -1.05. The van der Waals surface area contributed by atoms with Gasteiger partial charge in [0.1, 0.15) is 12.6 Å². The van der Waals surface area contributed by atoms with Crippen molar-refractivity contribution in [1.29, 1.82) is 0 Å². The lowest BCUT2D eigenvalue weighted by atomic mass is 10.2. The summed E-state index contributed by atoms with van der Waals surface area (Å²) in [6, 6.07) is 0. The maximum Gasteiger partial charge on any atom is 0.275 e. The summed E-state index contributed by atoms with van der Waals surface area (Å²) in [5, 5.41) is 16.1.